The Kier molecular flexibility index (Phi) is 3.31. The van der Waals surface area contributed by atoms with E-state index in [0.29, 0.717) is 12.5 Å². The van der Waals surface area contributed by atoms with Crippen LogP contribution in [-0.4, -0.2) is 35.1 Å². The van der Waals surface area contributed by atoms with Gasteiger partial charge in [-0.15, -0.1) is 0 Å². The average Bonchev–Trinajstić information content (AvgIpc) is 2.49. The Bertz CT molecular complexity index is 191. The second-order valence-corrected chi connectivity index (χ2v) is 4.26. The van der Waals surface area contributed by atoms with Gasteiger partial charge in [-0.05, 0) is 12.3 Å². The highest BCUT2D eigenvalue weighted by Gasteiger charge is 2.28. The summed E-state index contributed by atoms with van der Waals surface area (Å²) in [4.78, 5) is 13.5. The van der Waals surface area contributed by atoms with Crippen molar-refractivity contribution in [2.75, 3.05) is 13.1 Å². The van der Waals surface area contributed by atoms with Crippen molar-refractivity contribution in [2.24, 2.45) is 11.8 Å². The van der Waals surface area contributed by atoms with Gasteiger partial charge in [0, 0.05) is 19.0 Å². The molecule has 3 nitrogen and oxygen atoms in total. The molecule has 0 radical (unpaired) electrons. The Hall–Kier alpha value is -0.570. The van der Waals surface area contributed by atoms with Gasteiger partial charge < -0.3 is 10.0 Å². The van der Waals surface area contributed by atoms with Gasteiger partial charge in [-0.1, -0.05) is 20.8 Å². The predicted octanol–water partition coefficient (Wildman–Crippen LogP) is 0.872. The SMILES string of the molecule is CC(C)C(C)C(=O)N1CC[C@@H](O)C1. The summed E-state index contributed by atoms with van der Waals surface area (Å²) >= 11 is 0. The number of likely N-dealkylation sites (tertiary alicyclic amines) is 1. The quantitative estimate of drug-likeness (QED) is 0.693. The molecule has 0 bridgehead atoms. The van der Waals surface area contributed by atoms with Crippen molar-refractivity contribution in [3.05, 3.63) is 0 Å². The van der Waals surface area contributed by atoms with E-state index in [1.54, 1.807) is 4.90 Å². The molecule has 13 heavy (non-hydrogen) atoms. The van der Waals surface area contributed by atoms with Crippen molar-refractivity contribution in [1.29, 1.82) is 0 Å². The maximum Gasteiger partial charge on any atom is 0.225 e. The molecule has 0 spiro atoms. The molecule has 3 heteroatoms. The zero-order valence-electron chi connectivity index (χ0n) is 8.66. The molecule has 0 aromatic heterocycles. The van der Waals surface area contributed by atoms with Gasteiger partial charge in [0.05, 0.1) is 6.10 Å². The molecule has 1 N–H and O–H groups in total. The number of carbonyl (C=O) groups is 1. The van der Waals surface area contributed by atoms with Crippen LogP contribution in [0.1, 0.15) is 27.2 Å². The third kappa shape index (κ3) is 2.44. The van der Waals surface area contributed by atoms with E-state index >= 15 is 0 Å². The lowest BCUT2D eigenvalue weighted by atomic mass is 9.97. The molecular formula is C10H19NO2. The molecule has 1 rings (SSSR count). The van der Waals surface area contributed by atoms with Crippen LogP contribution in [0.5, 0.6) is 0 Å². The van der Waals surface area contributed by atoms with E-state index in [-0.39, 0.29) is 17.9 Å². The normalized spacial score (nSPS) is 25.3. The van der Waals surface area contributed by atoms with Gasteiger partial charge in [-0.3, -0.25) is 4.79 Å². The smallest absolute Gasteiger partial charge is 0.225 e. The van der Waals surface area contributed by atoms with Gasteiger partial charge in [0.2, 0.25) is 5.91 Å². The molecule has 1 saturated heterocycles. The Morgan fingerprint density at radius 2 is 2.08 bits per heavy atom. The number of β-amino-alcohol motifs (C(OH)–C–C–N with tert-alkyl or cyclic N) is 1. The lowest BCUT2D eigenvalue weighted by molar-refractivity contribution is -0.135. The minimum Gasteiger partial charge on any atom is -0.391 e. The third-order valence-electron chi connectivity index (χ3n) is 2.86. The summed E-state index contributed by atoms with van der Waals surface area (Å²) in [5.41, 5.74) is 0. The minimum atomic E-state index is -0.302. The van der Waals surface area contributed by atoms with E-state index in [9.17, 15) is 9.90 Å². The first-order chi connectivity index (χ1) is 6.02. The fourth-order valence-corrected chi connectivity index (χ4v) is 1.52. The van der Waals surface area contributed by atoms with Crippen molar-refractivity contribution in [3.63, 3.8) is 0 Å². The van der Waals surface area contributed by atoms with Crippen LogP contribution in [0, 0.1) is 11.8 Å². The first-order valence-electron chi connectivity index (χ1n) is 4.99. The number of hydrogen-bond acceptors (Lipinski definition) is 2. The average molecular weight is 185 g/mol. The number of aliphatic hydroxyl groups is 1. The van der Waals surface area contributed by atoms with Gasteiger partial charge in [0.25, 0.3) is 0 Å². The van der Waals surface area contributed by atoms with Crippen LogP contribution in [0.4, 0.5) is 0 Å². The highest BCUT2D eigenvalue weighted by molar-refractivity contribution is 5.79. The Morgan fingerprint density at radius 1 is 1.46 bits per heavy atom. The third-order valence-corrected chi connectivity index (χ3v) is 2.86. The van der Waals surface area contributed by atoms with E-state index < -0.39 is 0 Å². The lowest BCUT2D eigenvalue weighted by Gasteiger charge is -2.22. The van der Waals surface area contributed by atoms with Crippen LogP contribution in [-0.2, 0) is 4.79 Å². The Morgan fingerprint density at radius 3 is 2.46 bits per heavy atom. The van der Waals surface area contributed by atoms with E-state index in [0.717, 1.165) is 13.0 Å². The topological polar surface area (TPSA) is 40.5 Å². The molecule has 1 unspecified atom stereocenters. The van der Waals surface area contributed by atoms with Crippen LogP contribution >= 0.6 is 0 Å². The number of nitrogens with zero attached hydrogens (tertiary/aromatic N) is 1. The summed E-state index contributed by atoms with van der Waals surface area (Å²) in [6.45, 7) is 7.30. The molecular weight excluding hydrogens is 166 g/mol. The Labute approximate surface area is 79.7 Å². The zero-order chi connectivity index (χ0) is 10.0. The summed E-state index contributed by atoms with van der Waals surface area (Å²) in [6, 6.07) is 0. The summed E-state index contributed by atoms with van der Waals surface area (Å²) in [5, 5.41) is 9.27. The van der Waals surface area contributed by atoms with E-state index in [1.165, 1.54) is 0 Å². The van der Waals surface area contributed by atoms with E-state index in [1.807, 2.05) is 6.92 Å². The van der Waals surface area contributed by atoms with Gasteiger partial charge in [-0.2, -0.15) is 0 Å². The van der Waals surface area contributed by atoms with Gasteiger partial charge in [0.1, 0.15) is 0 Å². The maximum atomic E-state index is 11.7. The van der Waals surface area contributed by atoms with Crippen molar-refractivity contribution >= 4 is 5.91 Å². The summed E-state index contributed by atoms with van der Waals surface area (Å²) in [5.74, 6) is 0.641. The zero-order valence-corrected chi connectivity index (χ0v) is 8.66. The molecule has 0 saturated carbocycles. The van der Waals surface area contributed by atoms with Crippen molar-refractivity contribution < 1.29 is 9.90 Å². The standard InChI is InChI=1S/C10H19NO2/c1-7(2)8(3)10(13)11-5-4-9(12)6-11/h7-9,12H,4-6H2,1-3H3/t8?,9-/m1/s1. The Balaban J connectivity index is 2.48. The molecule has 1 fully saturated rings. The summed E-state index contributed by atoms with van der Waals surface area (Å²) in [6.07, 6.45) is 0.430. The predicted molar refractivity (Wildman–Crippen MR) is 51.2 cm³/mol. The van der Waals surface area contributed by atoms with Gasteiger partial charge in [0.15, 0.2) is 0 Å². The second-order valence-electron chi connectivity index (χ2n) is 4.26. The van der Waals surface area contributed by atoms with Crippen molar-refractivity contribution in [1.82, 2.24) is 4.90 Å². The van der Waals surface area contributed by atoms with E-state index in [2.05, 4.69) is 13.8 Å². The molecule has 1 aliphatic heterocycles. The fraction of sp³-hybridized carbons (Fsp3) is 0.900. The molecule has 1 amide bonds. The second kappa shape index (κ2) is 4.09. The van der Waals surface area contributed by atoms with Crippen molar-refractivity contribution in [2.45, 2.75) is 33.3 Å². The van der Waals surface area contributed by atoms with Gasteiger partial charge in [-0.25, -0.2) is 0 Å². The van der Waals surface area contributed by atoms with Crippen LogP contribution in [0.3, 0.4) is 0 Å². The summed E-state index contributed by atoms with van der Waals surface area (Å²) in [7, 11) is 0. The highest BCUT2D eigenvalue weighted by atomic mass is 16.3. The highest BCUT2D eigenvalue weighted by Crippen LogP contribution is 2.17. The molecule has 76 valence electrons. The van der Waals surface area contributed by atoms with Crippen LogP contribution < -0.4 is 0 Å². The molecule has 0 aromatic rings. The number of rotatable bonds is 2. The van der Waals surface area contributed by atoms with Gasteiger partial charge >= 0.3 is 0 Å². The van der Waals surface area contributed by atoms with Crippen LogP contribution in [0.15, 0.2) is 0 Å². The molecule has 0 aromatic carbocycles. The molecule has 1 heterocycles. The molecule has 0 aliphatic carbocycles. The number of aliphatic hydroxyl groups excluding tert-OH is 1. The first kappa shape index (κ1) is 10.5. The maximum absolute atomic E-state index is 11.7. The van der Waals surface area contributed by atoms with Crippen molar-refractivity contribution in [3.8, 4) is 0 Å². The number of hydrogen-bond donors (Lipinski definition) is 1. The minimum absolute atomic E-state index is 0.0744. The summed E-state index contributed by atoms with van der Waals surface area (Å²) < 4.78 is 0. The molecule has 1 aliphatic rings. The lowest BCUT2D eigenvalue weighted by Crippen LogP contribution is -2.35. The van der Waals surface area contributed by atoms with E-state index in [4.69, 9.17) is 0 Å². The number of amides is 1. The number of carbonyl (C=O) groups excluding carboxylic acids is 1. The largest absolute Gasteiger partial charge is 0.391 e. The monoisotopic (exact) mass is 185 g/mol. The first-order valence-corrected chi connectivity index (χ1v) is 4.99. The van der Waals surface area contributed by atoms with Crippen LogP contribution in [0.25, 0.3) is 0 Å². The van der Waals surface area contributed by atoms with Crippen LogP contribution in [0.2, 0.25) is 0 Å². The molecule has 2 atom stereocenters. The fourth-order valence-electron chi connectivity index (χ4n) is 1.52.